The van der Waals surface area contributed by atoms with Crippen molar-refractivity contribution in [3.8, 4) is 6.19 Å². The van der Waals surface area contributed by atoms with Gasteiger partial charge in [-0.25, -0.2) is 0 Å². The largest absolute Gasteiger partial charge is 0.277 e. The maximum Gasteiger partial charge on any atom is 0.182 e. The zero-order chi connectivity index (χ0) is 17.3. The number of benzene rings is 2. The van der Waals surface area contributed by atoms with E-state index in [1.807, 2.05) is 54.7 Å². The average Bonchev–Trinajstić information content (AvgIpc) is 2.69. The Morgan fingerprint density at radius 3 is 2.36 bits per heavy atom. The summed E-state index contributed by atoms with van der Waals surface area (Å²) in [5, 5.41) is 11.8. The van der Waals surface area contributed by atoms with Gasteiger partial charge in [0.15, 0.2) is 6.19 Å². The van der Waals surface area contributed by atoms with Crippen LogP contribution in [-0.4, -0.2) is 10.8 Å². The van der Waals surface area contributed by atoms with Crippen molar-refractivity contribution in [3.05, 3.63) is 102 Å². The van der Waals surface area contributed by atoms with E-state index in [2.05, 4.69) is 34.6 Å². The van der Waals surface area contributed by atoms with E-state index < -0.39 is 0 Å². The topological polar surface area (TPSA) is 61.1 Å². The normalized spacial score (nSPS) is 12.2. The molecule has 25 heavy (non-hydrogen) atoms. The van der Waals surface area contributed by atoms with Gasteiger partial charge in [0.25, 0.3) is 0 Å². The molecule has 0 bridgehead atoms. The second-order valence-electron chi connectivity index (χ2n) is 5.57. The van der Waals surface area contributed by atoms with Crippen LogP contribution < -0.4 is 5.32 Å². The minimum Gasteiger partial charge on any atom is -0.277 e. The summed E-state index contributed by atoms with van der Waals surface area (Å²) in [7, 11) is 0. The first-order valence-electron chi connectivity index (χ1n) is 8.09. The molecule has 0 saturated heterocycles. The molecule has 0 aliphatic carbocycles. The molecule has 1 heterocycles. The molecule has 0 aliphatic heterocycles. The second kappa shape index (κ2) is 8.42. The van der Waals surface area contributed by atoms with Crippen LogP contribution in [0.1, 0.15) is 22.7 Å². The van der Waals surface area contributed by atoms with Crippen LogP contribution >= 0.6 is 0 Å². The molecule has 0 saturated carbocycles. The van der Waals surface area contributed by atoms with Crippen molar-refractivity contribution in [1.82, 2.24) is 10.3 Å². The highest BCUT2D eigenvalue weighted by Gasteiger charge is 2.13. The summed E-state index contributed by atoms with van der Waals surface area (Å²) in [6, 6.07) is 24.0. The van der Waals surface area contributed by atoms with E-state index in [9.17, 15) is 0 Å². The summed E-state index contributed by atoms with van der Waals surface area (Å²) < 4.78 is 0. The molecule has 0 spiro atoms. The molecule has 4 nitrogen and oxygen atoms in total. The van der Waals surface area contributed by atoms with Gasteiger partial charge in [-0.2, -0.15) is 5.26 Å². The average molecular weight is 326 g/mol. The van der Waals surface area contributed by atoms with Gasteiger partial charge in [0.05, 0.1) is 6.04 Å². The molecule has 1 unspecified atom stereocenters. The van der Waals surface area contributed by atoms with Gasteiger partial charge >= 0.3 is 0 Å². The minimum absolute atomic E-state index is 0.0975. The number of rotatable bonds is 5. The maximum atomic E-state index is 9.11. The summed E-state index contributed by atoms with van der Waals surface area (Å²) in [5.41, 5.74) is 3.09. The molecular weight excluding hydrogens is 308 g/mol. The third-order valence-corrected chi connectivity index (χ3v) is 3.85. The Morgan fingerprint density at radius 1 is 1.00 bits per heavy atom. The fraction of sp³-hybridized carbons (Fsp3) is 0.0952. The van der Waals surface area contributed by atoms with E-state index in [-0.39, 0.29) is 6.04 Å². The van der Waals surface area contributed by atoms with E-state index in [1.165, 1.54) is 5.56 Å². The molecule has 0 aliphatic rings. The number of pyridine rings is 1. The Balaban J connectivity index is 1.99. The van der Waals surface area contributed by atoms with Crippen molar-refractivity contribution in [3.63, 3.8) is 0 Å². The molecular formula is C21H18N4. The monoisotopic (exact) mass is 326 g/mol. The van der Waals surface area contributed by atoms with Gasteiger partial charge in [0.1, 0.15) is 5.84 Å². The van der Waals surface area contributed by atoms with Crippen molar-refractivity contribution < 1.29 is 0 Å². The number of nitrogens with one attached hydrogen (secondary N) is 1. The van der Waals surface area contributed by atoms with Crippen molar-refractivity contribution >= 4 is 5.84 Å². The van der Waals surface area contributed by atoms with E-state index in [0.29, 0.717) is 5.84 Å². The summed E-state index contributed by atoms with van der Waals surface area (Å²) >= 11 is 0. The van der Waals surface area contributed by atoms with E-state index >= 15 is 0 Å². The molecule has 0 amide bonds. The van der Waals surface area contributed by atoms with Gasteiger partial charge in [-0.05, 0) is 29.7 Å². The zero-order valence-electron chi connectivity index (χ0n) is 13.7. The molecule has 122 valence electrons. The number of amidine groups is 1. The number of aliphatic imine (C=N–C) groups is 1. The SMILES string of the molecule is N#CNC(=NC(Cc1ccccc1)c1ccccc1)c1cccnc1. The van der Waals surface area contributed by atoms with E-state index in [0.717, 1.165) is 17.5 Å². The van der Waals surface area contributed by atoms with Gasteiger partial charge in [0, 0.05) is 18.0 Å². The molecule has 3 rings (SSSR count). The third-order valence-electron chi connectivity index (χ3n) is 3.85. The molecule has 0 radical (unpaired) electrons. The fourth-order valence-corrected chi connectivity index (χ4v) is 2.64. The number of nitrogens with zero attached hydrogens (tertiary/aromatic N) is 3. The van der Waals surface area contributed by atoms with Crippen LogP contribution in [-0.2, 0) is 6.42 Å². The van der Waals surface area contributed by atoms with Gasteiger partial charge in [-0.3, -0.25) is 15.3 Å². The van der Waals surface area contributed by atoms with Crippen LogP contribution in [0.3, 0.4) is 0 Å². The molecule has 3 aromatic rings. The fourth-order valence-electron chi connectivity index (χ4n) is 2.64. The predicted octanol–water partition coefficient (Wildman–Crippen LogP) is 3.88. The van der Waals surface area contributed by atoms with Crippen LogP contribution in [0.2, 0.25) is 0 Å². The summed E-state index contributed by atoms with van der Waals surface area (Å²) in [4.78, 5) is 8.97. The molecule has 1 N–H and O–H groups in total. The number of aromatic nitrogens is 1. The third kappa shape index (κ3) is 4.52. The summed E-state index contributed by atoms with van der Waals surface area (Å²) in [6.07, 6.45) is 6.13. The molecule has 2 aromatic carbocycles. The van der Waals surface area contributed by atoms with Gasteiger partial charge < -0.3 is 0 Å². The Morgan fingerprint density at radius 2 is 1.72 bits per heavy atom. The van der Waals surface area contributed by atoms with Crippen LogP contribution in [0.5, 0.6) is 0 Å². The van der Waals surface area contributed by atoms with Gasteiger partial charge in [-0.15, -0.1) is 0 Å². The summed E-state index contributed by atoms with van der Waals surface area (Å²) in [6.45, 7) is 0. The molecule has 1 aromatic heterocycles. The molecule has 1 atom stereocenters. The highest BCUT2D eigenvalue weighted by molar-refractivity contribution is 5.99. The van der Waals surface area contributed by atoms with Crippen molar-refractivity contribution in [1.29, 1.82) is 5.26 Å². The lowest BCUT2D eigenvalue weighted by Crippen LogP contribution is -2.21. The van der Waals surface area contributed by atoms with Crippen LogP contribution in [0.4, 0.5) is 0 Å². The minimum atomic E-state index is -0.0975. The standard InChI is InChI=1S/C21H18N4/c22-16-24-21(19-12-7-13-23-15-19)25-20(18-10-5-2-6-11-18)14-17-8-3-1-4-9-17/h1-13,15,20H,14H2,(H,24,25). The Kier molecular flexibility index (Phi) is 5.52. The predicted molar refractivity (Wildman–Crippen MR) is 98.9 cm³/mol. The Bertz CT molecular complexity index is 853. The number of hydrogen-bond donors (Lipinski definition) is 1. The van der Waals surface area contributed by atoms with E-state index in [1.54, 1.807) is 12.4 Å². The molecule has 4 heteroatoms. The van der Waals surface area contributed by atoms with E-state index in [4.69, 9.17) is 10.3 Å². The zero-order valence-corrected chi connectivity index (χ0v) is 13.7. The Labute approximate surface area is 147 Å². The highest BCUT2D eigenvalue weighted by Crippen LogP contribution is 2.23. The van der Waals surface area contributed by atoms with Gasteiger partial charge in [-0.1, -0.05) is 60.7 Å². The first kappa shape index (κ1) is 16.4. The first-order valence-corrected chi connectivity index (χ1v) is 8.09. The summed E-state index contributed by atoms with van der Waals surface area (Å²) in [5.74, 6) is 0.528. The smallest absolute Gasteiger partial charge is 0.182 e. The second-order valence-corrected chi connectivity index (χ2v) is 5.57. The van der Waals surface area contributed by atoms with Crippen LogP contribution in [0, 0.1) is 11.5 Å². The first-order chi connectivity index (χ1) is 12.4. The number of hydrogen-bond acceptors (Lipinski definition) is 3. The maximum absolute atomic E-state index is 9.11. The van der Waals surface area contributed by atoms with Crippen LogP contribution in [0.25, 0.3) is 0 Å². The van der Waals surface area contributed by atoms with Crippen LogP contribution in [0.15, 0.2) is 90.2 Å². The van der Waals surface area contributed by atoms with Crippen molar-refractivity contribution in [2.24, 2.45) is 4.99 Å². The highest BCUT2D eigenvalue weighted by atomic mass is 15.0. The van der Waals surface area contributed by atoms with Crippen molar-refractivity contribution in [2.75, 3.05) is 0 Å². The lowest BCUT2D eigenvalue weighted by atomic mass is 9.99. The van der Waals surface area contributed by atoms with Gasteiger partial charge in [0.2, 0.25) is 0 Å². The lowest BCUT2D eigenvalue weighted by Gasteiger charge is -2.15. The lowest BCUT2D eigenvalue weighted by molar-refractivity contribution is 0.721. The number of nitriles is 1. The molecule has 0 fully saturated rings. The van der Waals surface area contributed by atoms with Crippen molar-refractivity contribution in [2.45, 2.75) is 12.5 Å². The quantitative estimate of drug-likeness (QED) is 0.335. The Hall–Kier alpha value is -3.45.